The van der Waals surface area contributed by atoms with Gasteiger partial charge in [-0.15, -0.1) is 0 Å². The van der Waals surface area contributed by atoms with E-state index in [1.165, 1.54) is 0 Å². The Labute approximate surface area is 224 Å². The molecule has 1 aliphatic rings. The number of ether oxygens (including phenoxy) is 1. The fourth-order valence-electron chi connectivity index (χ4n) is 4.00. The number of halogens is 3. The molecule has 0 saturated carbocycles. The van der Waals surface area contributed by atoms with E-state index < -0.39 is 5.91 Å². The van der Waals surface area contributed by atoms with Gasteiger partial charge in [0.2, 0.25) is 5.91 Å². The minimum atomic E-state index is -0.626. The number of carbonyl (C=O) groups excluding carboxylic acids is 2. The molecule has 10 heteroatoms. The molecule has 0 unspecified atom stereocenters. The minimum absolute atomic E-state index is 0.238. The first-order valence-corrected chi connectivity index (χ1v) is 12.5. The molecule has 1 fully saturated rings. The van der Waals surface area contributed by atoms with E-state index in [9.17, 15) is 9.59 Å². The zero-order valence-electron chi connectivity index (χ0n) is 19.3. The van der Waals surface area contributed by atoms with Gasteiger partial charge in [-0.25, -0.2) is 4.79 Å². The molecule has 0 bridgehead atoms. The van der Waals surface area contributed by atoms with Crippen molar-refractivity contribution in [3.63, 3.8) is 0 Å². The molecule has 0 radical (unpaired) electrons. The van der Waals surface area contributed by atoms with Crippen LogP contribution in [-0.2, 0) is 4.74 Å². The molecule has 0 atom stereocenters. The van der Waals surface area contributed by atoms with Gasteiger partial charge < -0.3 is 15.8 Å². The summed E-state index contributed by atoms with van der Waals surface area (Å²) >= 11 is 18.9. The van der Waals surface area contributed by atoms with Crippen LogP contribution in [0.25, 0.3) is 11.1 Å². The lowest BCUT2D eigenvalue weighted by Gasteiger charge is -2.31. The van der Waals surface area contributed by atoms with Crippen LogP contribution in [0.2, 0.25) is 15.1 Å². The van der Waals surface area contributed by atoms with Crippen LogP contribution in [0.3, 0.4) is 0 Å². The topological polar surface area (TPSA) is 87.9 Å². The molecular formula is C26H25Cl3N4O3. The predicted octanol–water partition coefficient (Wildman–Crippen LogP) is 5.78. The van der Waals surface area contributed by atoms with Crippen molar-refractivity contribution in [2.45, 2.75) is 0 Å². The number of benzene rings is 3. The summed E-state index contributed by atoms with van der Waals surface area (Å²) in [5, 5.41) is 4.25. The molecule has 0 aromatic heterocycles. The summed E-state index contributed by atoms with van der Waals surface area (Å²) in [6.07, 6.45) is 0. The Kier molecular flexibility index (Phi) is 8.72. The largest absolute Gasteiger partial charge is 0.379 e. The second-order valence-electron chi connectivity index (χ2n) is 8.24. The third-order valence-electron chi connectivity index (χ3n) is 5.89. The molecule has 1 saturated heterocycles. The van der Waals surface area contributed by atoms with Crippen molar-refractivity contribution in [2.24, 2.45) is 5.73 Å². The van der Waals surface area contributed by atoms with Crippen LogP contribution in [0.1, 0.15) is 10.4 Å². The second kappa shape index (κ2) is 12.0. The first-order chi connectivity index (χ1) is 17.3. The highest BCUT2D eigenvalue weighted by molar-refractivity contribution is 6.37. The van der Waals surface area contributed by atoms with Crippen molar-refractivity contribution in [2.75, 3.05) is 49.6 Å². The van der Waals surface area contributed by atoms with Gasteiger partial charge in [0.25, 0.3) is 0 Å². The maximum atomic E-state index is 13.5. The molecular weight excluding hydrogens is 523 g/mol. The average molecular weight is 548 g/mol. The van der Waals surface area contributed by atoms with Crippen molar-refractivity contribution in [3.8, 4) is 11.1 Å². The molecule has 3 amide bonds. The first-order valence-electron chi connectivity index (χ1n) is 11.4. The number of rotatable bonds is 7. The zero-order chi connectivity index (χ0) is 25.7. The maximum absolute atomic E-state index is 13.5. The zero-order valence-corrected chi connectivity index (χ0v) is 21.6. The van der Waals surface area contributed by atoms with Crippen molar-refractivity contribution in [3.05, 3.63) is 81.3 Å². The summed E-state index contributed by atoms with van der Waals surface area (Å²) in [5.41, 5.74) is 8.04. The van der Waals surface area contributed by atoms with Gasteiger partial charge in [-0.05, 0) is 54.1 Å². The SMILES string of the molecule is NC(=O)c1ccc(N(CCN2CCOCC2)C(=O)Nc2ccc(Cl)cc2)c(Cl)c1-c1ccc(Cl)cc1. The van der Waals surface area contributed by atoms with E-state index in [1.807, 2.05) is 0 Å². The van der Waals surface area contributed by atoms with Gasteiger partial charge in [-0.3, -0.25) is 14.6 Å². The van der Waals surface area contributed by atoms with Crippen molar-refractivity contribution in [1.82, 2.24) is 4.90 Å². The highest BCUT2D eigenvalue weighted by Gasteiger charge is 2.25. The van der Waals surface area contributed by atoms with E-state index in [0.717, 1.165) is 13.1 Å². The number of nitrogens with zero attached hydrogens (tertiary/aromatic N) is 2. The number of carbonyl (C=O) groups is 2. The average Bonchev–Trinajstić information content (AvgIpc) is 2.87. The Morgan fingerprint density at radius 3 is 2.14 bits per heavy atom. The van der Waals surface area contributed by atoms with Gasteiger partial charge in [0, 0.05) is 53.0 Å². The number of morpholine rings is 1. The monoisotopic (exact) mass is 546 g/mol. The number of hydrogen-bond donors (Lipinski definition) is 2. The summed E-state index contributed by atoms with van der Waals surface area (Å²) in [6.45, 7) is 3.81. The van der Waals surface area contributed by atoms with Gasteiger partial charge in [-0.1, -0.05) is 46.9 Å². The Morgan fingerprint density at radius 1 is 0.917 bits per heavy atom. The number of nitrogens with two attached hydrogens (primary N) is 1. The van der Waals surface area contributed by atoms with Gasteiger partial charge >= 0.3 is 6.03 Å². The Hall–Kier alpha value is -2.81. The summed E-state index contributed by atoms with van der Waals surface area (Å²) < 4.78 is 5.44. The van der Waals surface area contributed by atoms with Gasteiger partial charge in [-0.2, -0.15) is 0 Å². The number of hydrogen-bond acceptors (Lipinski definition) is 4. The fourth-order valence-corrected chi connectivity index (χ4v) is 4.63. The molecule has 1 heterocycles. The number of primary amides is 1. The molecule has 3 aromatic carbocycles. The molecule has 188 valence electrons. The second-order valence-corrected chi connectivity index (χ2v) is 9.49. The third-order valence-corrected chi connectivity index (χ3v) is 6.78. The van der Waals surface area contributed by atoms with E-state index in [2.05, 4.69) is 10.2 Å². The molecule has 7 nitrogen and oxygen atoms in total. The van der Waals surface area contributed by atoms with E-state index >= 15 is 0 Å². The quantitative estimate of drug-likeness (QED) is 0.392. The normalized spacial score (nSPS) is 13.9. The smallest absolute Gasteiger partial charge is 0.326 e. The molecule has 0 aliphatic carbocycles. The molecule has 3 N–H and O–H groups in total. The Balaban J connectivity index is 1.72. The predicted molar refractivity (Wildman–Crippen MR) is 145 cm³/mol. The molecule has 4 rings (SSSR count). The van der Waals surface area contributed by atoms with Crippen molar-refractivity contribution < 1.29 is 14.3 Å². The first kappa shape index (κ1) is 26.3. The fraction of sp³-hybridized carbons (Fsp3) is 0.231. The highest BCUT2D eigenvalue weighted by atomic mass is 35.5. The number of nitrogens with one attached hydrogen (secondary N) is 1. The summed E-state index contributed by atoms with van der Waals surface area (Å²) in [4.78, 5) is 29.5. The number of urea groups is 1. The van der Waals surface area contributed by atoms with Crippen LogP contribution in [0, 0.1) is 0 Å². The van der Waals surface area contributed by atoms with Crippen molar-refractivity contribution in [1.29, 1.82) is 0 Å². The Bertz CT molecular complexity index is 1230. The van der Waals surface area contributed by atoms with Crippen LogP contribution in [-0.4, -0.2) is 56.2 Å². The van der Waals surface area contributed by atoms with E-state index in [-0.39, 0.29) is 16.6 Å². The highest BCUT2D eigenvalue weighted by Crippen LogP contribution is 2.39. The van der Waals surface area contributed by atoms with Crippen LogP contribution in [0.15, 0.2) is 60.7 Å². The van der Waals surface area contributed by atoms with E-state index in [4.69, 9.17) is 45.3 Å². The standard InChI is InChI=1S/C26H25Cl3N4O3/c27-18-3-1-17(2-4-18)23-21(25(30)34)9-10-22(24(23)29)33(12-11-32-13-15-36-16-14-32)26(35)31-20-7-5-19(28)6-8-20/h1-10H,11-16H2,(H2,30,34)(H,31,35). The van der Waals surface area contributed by atoms with Gasteiger partial charge in [0.05, 0.1) is 23.9 Å². The molecule has 0 spiro atoms. The summed E-state index contributed by atoms with van der Waals surface area (Å²) in [5.74, 6) is -0.626. The van der Waals surface area contributed by atoms with Crippen LogP contribution >= 0.6 is 34.8 Å². The summed E-state index contributed by atoms with van der Waals surface area (Å²) in [6, 6.07) is 16.6. The lowest BCUT2D eigenvalue weighted by Crippen LogP contribution is -2.44. The van der Waals surface area contributed by atoms with Gasteiger partial charge in [0.15, 0.2) is 0 Å². The molecule has 3 aromatic rings. The van der Waals surface area contributed by atoms with E-state index in [1.54, 1.807) is 65.6 Å². The van der Waals surface area contributed by atoms with Crippen molar-refractivity contribution >= 4 is 58.1 Å². The lowest BCUT2D eigenvalue weighted by atomic mass is 9.98. The van der Waals surface area contributed by atoms with Gasteiger partial charge in [0.1, 0.15) is 0 Å². The maximum Gasteiger partial charge on any atom is 0.326 e. The van der Waals surface area contributed by atoms with Crippen LogP contribution in [0.4, 0.5) is 16.2 Å². The Morgan fingerprint density at radius 2 is 1.53 bits per heavy atom. The molecule has 36 heavy (non-hydrogen) atoms. The third kappa shape index (κ3) is 6.30. The number of anilines is 2. The minimum Gasteiger partial charge on any atom is -0.379 e. The van der Waals surface area contributed by atoms with E-state index in [0.29, 0.717) is 58.9 Å². The summed E-state index contributed by atoms with van der Waals surface area (Å²) in [7, 11) is 0. The van der Waals surface area contributed by atoms with Crippen LogP contribution in [0.5, 0.6) is 0 Å². The van der Waals surface area contributed by atoms with Crippen LogP contribution < -0.4 is 16.0 Å². The molecule has 1 aliphatic heterocycles. The lowest BCUT2D eigenvalue weighted by molar-refractivity contribution is 0.0393. The number of amides is 3.